The number of anilines is 3. The molecule has 0 bridgehead atoms. The molecule has 21 heavy (non-hydrogen) atoms. The lowest BCUT2D eigenvalue weighted by Gasteiger charge is -2.10. The highest BCUT2D eigenvalue weighted by molar-refractivity contribution is 9.10. The summed E-state index contributed by atoms with van der Waals surface area (Å²) in [5.41, 5.74) is 8.76. The molecule has 0 aliphatic carbocycles. The summed E-state index contributed by atoms with van der Waals surface area (Å²) in [7, 11) is 1.48. The van der Waals surface area contributed by atoms with E-state index < -0.39 is 0 Å². The number of nitrogens with two attached hydrogens (primary N) is 1. The predicted molar refractivity (Wildman–Crippen MR) is 84.7 cm³/mol. The normalized spacial score (nSPS) is 13.5. The topological polar surface area (TPSA) is 75.4 Å². The van der Waals surface area contributed by atoms with Crippen LogP contribution in [0.5, 0.6) is 0 Å². The first kappa shape index (κ1) is 13.6. The number of hydrogen-bond donors (Lipinski definition) is 2. The molecule has 3 N–H and O–H groups in total. The van der Waals surface area contributed by atoms with Gasteiger partial charge in [-0.1, -0.05) is 0 Å². The van der Waals surface area contributed by atoms with E-state index in [1.54, 1.807) is 30.3 Å². The molecule has 106 valence electrons. The number of hydrogen-bond acceptors (Lipinski definition) is 4. The summed E-state index contributed by atoms with van der Waals surface area (Å²) in [4.78, 5) is 24.9. The lowest BCUT2D eigenvalue weighted by molar-refractivity contribution is 0.0693. The van der Waals surface area contributed by atoms with Gasteiger partial charge in [-0.3, -0.25) is 14.5 Å². The minimum Gasteiger partial charge on any atom is -0.399 e. The SMILES string of the molecule is CN1C(=O)c2ccc(Nc3ccc(N)cc3Br)cc2C1=O. The highest BCUT2D eigenvalue weighted by Gasteiger charge is 2.32. The van der Waals surface area contributed by atoms with Gasteiger partial charge in [0.15, 0.2) is 0 Å². The molecule has 1 aliphatic heterocycles. The molecule has 2 aromatic carbocycles. The highest BCUT2D eigenvalue weighted by atomic mass is 79.9. The minimum absolute atomic E-state index is 0.268. The number of fused-ring (bicyclic) bond motifs is 1. The minimum atomic E-state index is -0.282. The zero-order valence-corrected chi connectivity index (χ0v) is 12.8. The molecule has 0 radical (unpaired) electrons. The average molecular weight is 346 g/mol. The number of halogens is 1. The second-order valence-electron chi connectivity index (χ2n) is 4.79. The number of imide groups is 1. The molecular formula is C15H12BrN3O2. The summed E-state index contributed by atoms with van der Waals surface area (Å²) in [5, 5.41) is 3.19. The van der Waals surface area contributed by atoms with Crippen molar-refractivity contribution in [1.29, 1.82) is 0 Å². The molecule has 0 aromatic heterocycles. The average Bonchev–Trinajstić information content (AvgIpc) is 2.67. The fourth-order valence-corrected chi connectivity index (χ4v) is 2.72. The van der Waals surface area contributed by atoms with Crippen LogP contribution in [0.25, 0.3) is 0 Å². The Morgan fingerprint density at radius 1 is 1.05 bits per heavy atom. The molecule has 3 rings (SSSR count). The number of nitrogens with zero attached hydrogens (tertiary/aromatic N) is 1. The molecule has 0 saturated heterocycles. The van der Waals surface area contributed by atoms with Crippen LogP contribution in [0, 0.1) is 0 Å². The van der Waals surface area contributed by atoms with Gasteiger partial charge in [-0.05, 0) is 52.3 Å². The maximum absolute atomic E-state index is 12.0. The van der Waals surface area contributed by atoms with Crippen molar-refractivity contribution in [3.63, 3.8) is 0 Å². The Hall–Kier alpha value is -2.34. The third-order valence-electron chi connectivity index (χ3n) is 3.36. The van der Waals surface area contributed by atoms with Crippen LogP contribution in [0.3, 0.4) is 0 Å². The molecule has 2 amide bonds. The van der Waals surface area contributed by atoms with E-state index >= 15 is 0 Å². The van der Waals surface area contributed by atoms with Gasteiger partial charge in [0.2, 0.25) is 0 Å². The summed E-state index contributed by atoms with van der Waals surface area (Å²) in [5.74, 6) is -0.551. The molecule has 0 fully saturated rings. The van der Waals surface area contributed by atoms with Gasteiger partial charge in [0, 0.05) is 22.9 Å². The van der Waals surface area contributed by atoms with Gasteiger partial charge in [-0.25, -0.2) is 0 Å². The third-order valence-corrected chi connectivity index (χ3v) is 4.02. The Labute approximate surface area is 129 Å². The summed E-state index contributed by atoms with van der Waals surface area (Å²) in [6.45, 7) is 0. The van der Waals surface area contributed by atoms with Crippen LogP contribution in [0.15, 0.2) is 40.9 Å². The summed E-state index contributed by atoms with van der Waals surface area (Å²) in [6.07, 6.45) is 0. The van der Waals surface area contributed by atoms with Crippen molar-refractivity contribution in [3.8, 4) is 0 Å². The number of rotatable bonds is 2. The van der Waals surface area contributed by atoms with Crippen LogP contribution in [-0.4, -0.2) is 23.8 Å². The van der Waals surface area contributed by atoms with Crippen molar-refractivity contribution >= 4 is 44.8 Å². The second kappa shape index (κ2) is 4.89. The van der Waals surface area contributed by atoms with E-state index in [1.165, 1.54) is 7.05 Å². The van der Waals surface area contributed by atoms with Crippen molar-refractivity contribution in [1.82, 2.24) is 4.90 Å². The summed E-state index contributed by atoms with van der Waals surface area (Å²) < 4.78 is 0.822. The molecule has 2 aromatic rings. The van der Waals surface area contributed by atoms with E-state index in [4.69, 9.17) is 5.73 Å². The lowest BCUT2D eigenvalue weighted by atomic mass is 10.1. The van der Waals surface area contributed by atoms with E-state index in [9.17, 15) is 9.59 Å². The van der Waals surface area contributed by atoms with Gasteiger partial charge in [0.1, 0.15) is 0 Å². The molecule has 5 nitrogen and oxygen atoms in total. The van der Waals surface area contributed by atoms with Crippen LogP contribution in [0.4, 0.5) is 17.1 Å². The van der Waals surface area contributed by atoms with Gasteiger partial charge in [0.25, 0.3) is 11.8 Å². The molecule has 0 spiro atoms. The van der Waals surface area contributed by atoms with Crippen LogP contribution < -0.4 is 11.1 Å². The summed E-state index contributed by atoms with van der Waals surface area (Å²) in [6, 6.07) is 10.5. The largest absolute Gasteiger partial charge is 0.399 e. The lowest BCUT2D eigenvalue weighted by Crippen LogP contribution is -2.24. The quantitative estimate of drug-likeness (QED) is 0.648. The Kier molecular flexibility index (Phi) is 3.17. The Bertz CT molecular complexity index is 774. The Balaban J connectivity index is 1.95. The van der Waals surface area contributed by atoms with Crippen molar-refractivity contribution in [2.24, 2.45) is 0 Å². The Morgan fingerprint density at radius 3 is 2.48 bits per heavy atom. The first-order valence-electron chi connectivity index (χ1n) is 6.26. The van der Waals surface area contributed by atoms with Crippen molar-refractivity contribution < 1.29 is 9.59 Å². The zero-order chi connectivity index (χ0) is 15.1. The van der Waals surface area contributed by atoms with Crippen molar-refractivity contribution in [3.05, 3.63) is 52.0 Å². The molecule has 0 atom stereocenters. The molecule has 0 saturated carbocycles. The van der Waals surface area contributed by atoms with Gasteiger partial charge < -0.3 is 11.1 Å². The van der Waals surface area contributed by atoms with Crippen molar-refractivity contribution in [2.45, 2.75) is 0 Å². The van der Waals surface area contributed by atoms with E-state index in [0.717, 1.165) is 20.7 Å². The molecule has 1 heterocycles. The molecule has 0 unspecified atom stereocenters. The third kappa shape index (κ3) is 2.27. The number of carbonyl (C=O) groups excluding carboxylic acids is 2. The van der Waals surface area contributed by atoms with E-state index in [0.29, 0.717) is 16.8 Å². The zero-order valence-electron chi connectivity index (χ0n) is 11.2. The van der Waals surface area contributed by atoms with E-state index in [1.807, 2.05) is 6.07 Å². The second-order valence-corrected chi connectivity index (χ2v) is 5.65. The fraction of sp³-hybridized carbons (Fsp3) is 0.0667. The fourth-order valence-electron chi connectivity index (χ4n) is 2.23. The van der Waals surface area contributed by atoms with Crippen molar-refractivity contribution in [2.75, 3.05) is 18.1 Å². The van der Waals surface area contributed by atoms with E-state index in [2.05, 4.69) is 21.2 Å². The smallest absolute Gasteiger partial charge is 0.261 e. The van der Waals surface area contributed by atoms with Gasteiger partial charge in [0.05, 0.1) is 16.8 Å². The maximum Gasteiger partial charge on any atom is 0.261 e. The van der Waals surface area contributed by atoms with Crippen LogP contribution >= 0.6 is 15.9 Å². The van der Waals surface area contributed by atoms with Crippen LogP contribution in [0.2, 0.25) is 0 Å². The van der Waals surface area contributed by atoms with Crippen LogP contribution in [0.1, 0.15) is 20.7 Å². The highest BCUT2D eigenvalue weighted by Crippen LogP contribution is 2.30. The monoisotopic (exact) mass is 345 g/mol. The number of benzene rings is 2. The summed E-state index contributed by atoms with van der Waals surface area (Å²) >= 11 is 3.43. The number of nitrogen functional groups attached to an aromatic ring is 1. The van der Waals surface area contributed by atoms with Gasteiger partial charge >= 0.3 is 0 Å². The predicted octanol–water partition coefficient (Wildman–Crippen LogP) is 3.00. The van der Waals surface area contributed by atoms with Gasteiger partial charge in [-0.15, -0.1) is 0 Å². The Morgan fingerprint density at radius 2 is 1.76 bits per heavy atom. The number of nitrogens with one attached hydrogen (secondary N) is 1. The first-order valence-corrected chi connectivity index (χ1v) is 7.05. The molecule has 6 heteroatoms. The standard InChI is InChI=1S/C15H12BrN3O2/c1-19-14(20)10-4-3-9(7-11(10)15(19)21)18-13-5-2-8(17)6-12(13)16/h2-7,18H,17H2,1H3. The molecule has 1 aliphatic rings. The van der Waals surface area contributed by atoms with E-state index in [-0.39, 0.29) is 11.8 Å². The first-order chi connectivity index (χ1) is 9.97. The number of amides is 2. The van der Waals surface area contributed by atoms with Crippen LogP contribution in [-0.2, 0) is 0 Å². The maximum atomic E-state index is 12.0. The number of carbonyl (C=O) groups is 2. The molecular weight excluding hydrogens is 334 g/mol. The van der Waals surface area contributed by atoms with Gasteiger partial charge in [-0.2, -0.15) is 0 Å².